The number of piperidine rings is 1. The molecule has 0 saturated carbocycles. The molecule has 1 aromatic rings. The van der Waals surface area contributed by atoms with Gasteiger partial charge in [0.2, 0.25) is 5.91 Å². The molecule has 2 N–H and O–H groups in total. The van der Waals surface area contributed by atoms with Gasteiger partial charge in [-0.1, -0.05) is 6.07 Å². The van der Waals surface area contributed by atoms with Crippen LogP contribution in [0, 0.1) is 12.3 Å². The summed E-state index contributed by atoms with van der Waals surface area (Å²) in [5, 5.41) is 5.85. The van der Waals surface area contributed by atoms with Gasteiger partial charge in [0.25, 0.3) is 0 Å². The van der Waals surface area contributed by atoms with Crippen LogP contribution in [0.5, 0.6) is 0 Å². The van der Waals surface area contributed by atoms with Crippen molar-refractivity contribution in [2.45, 2.75) is 26.2 Å². The van der Waals surface area contributed by atoms with Gasteiger partial charge in [0, 0.05) is 43.5 Å². The van der Waals surface area contributed by atoms with E-state index in [9.17, 15) is 9.59 Å². The number of methoxy groups -OCH3 is 1. The first-order valence-electron chi connectivity index (χ1n) is 9.55. The van der Waals surface area contributed by atoms with Gasteiger partial charge >= 0.3 is 6.03 Å². The van der Waals surface area contributed by atoms with Crippen LogP contribution in [0.2, 0.25) is 0 Å². The lowest BCUT2D eigenvalue weighted by Crippen LogP contribution is -2.48. The minimum atomic E-state index is -0.215. The first-order valence-corrected chi connectivity index (χ1v) is 9.55. The van der Waals surface area contributed by atoms with Crippen LogP contribution in [0.1, 0.15) is 24.8 Å². The number of nitrogens with zero attached hydrogens (tertiary/aromatic N) is 2. The molecule has 3 rings (SSSR count). The topological polar surface area (TPSA) is 73.9 Å². The van der Waals surface area contributed by atoms with E-state index < -0.39 is 0 Å². The summed E-state index contributed by atoms with van der Waals surface area (Å²) in [6.07, 6.45) is 3.40. The molecule has 0 aromatic heterocycles. The van der Waals surface area contributed by atoms with Gasteiger partial charge in [0.15, 0.2) is 0 Å². The van der Waals surface area contributed by atoms with Crippen LogP contribution < -0.4 is 10.6 Å². The second-order valence-corrected chi connectivity index (χ2v) is 7.90. The minimum Gasteiger partial charge on any atom is -0.375 e. The largest absolute Gasteiger partial charge is 0.375 e. The van der Waals surface area contributed by atoms with Crippen LogP contribution >= 0.6 is 0 Å². The van der Waals surface area contributed by atoms with Crippen molar-refractivity contribution in [2.24, 2.45) is 5.41 Å². The zero-order valence-corrected chi connectivity index (χ0v) is 16.5. The molecule has 1 spiro atoms. The van der Waals surface area contributed by atoms with Crippen LogP contribution in [-0.2, 0) is 9.53 Å². The van der Waals surface area contributed by atoms with Gasteiger partial charge in [-0.15, -0.1) is 0 Å². The van der Waals surface area contributed by atoms with E-state index in [0.717, 1.165) is 50.3 Å². The number of hydrogen-bond acceptors (Lipinski definition) is 4. The van der Waals surface area contributed by atoms with Gasteiger partial charge in [0.05, 0.1) is 0 Å². The van der Waals surface area contributed by atoms with Gasteiger partial charge in [0.1, 0.15) is 6.61 Å². The third-order valence-electron chi connectivity index (χ3n) is 5.70. The van der Waals surface area contributed by atoms with E-state index in [1.807, 2.05) is 30.0 Å². The molecular formula is C20H30N4O3. The predicted molar refractivity (Wildman–Crippen MR) is 106 cm³/mol. The number of carbonyl (C=O) groups excluding carboxylic acids is 2. The highest BCUT2D eigenvalue weighted by Crippen LogP contribution is 2.38. The first kappa shape index (κ1) is 19.6. The first-order chi connectivity index (χ1) is 12.9. The standard InChI is InChI=1S/C20H30N4O3/c1-15-16(21-18(25)12-27-3)6-4-7-17(15)22-19(26)24-10-5-8-20(14-24)9-11-23(2)13-20/h4,6-7H,5,8-14H2,1-3H3,(H,21,25)(H,22,26)/t20-/m1/s1. The number of hydrogen-bond donors (Lipinski definition) is 2. The zero-order chi connectivity index (χ0) is 19.4. The highest BCUT2D eigenvalue weighted by atomic mass is 16.5. The Kier molecular flexibility index (Phi) is 6.01. The zero-order valence-electron chi connectivity index (χ0n) is 16.5. The van der Waals surface area contributed by atoms with Crippen LogP contribution in [0.3, 0.4) is 0 Å². The fourth-order valence-electron chi connectivity index (χ4n) is 4.29. The van der Waals surface area contributed by atoms with Gasteiger partial charge in [-0.05, 0) is 57.5 Å². The number of rotatable bonds is 4. The van der Waals surface area contributed by atoms with E-state index in [1.54, 1.807) is 0 Å². The van der Waals surface area contributed by atoms with Crippen LogP contribution in [0.4, 0.5) is 16.2 Å². The molecule has 2 fully saturated rings. The van der Waals surface area contributed by atoms with Gasteiger partial charge in [-0.2, -0.15) is 0 Å². The predicted octanol–water partition coefficient (Wildman–Crippen LogP) is 2.53. The van der Waals surface area contributed by atoms with Crippen molar-refractivity contribution < 1.29 is 14.3 Å². The molecule has 2 heterocycles. The Morgan fingerprint density at radius 2 is 1.89 bits per heavy atom. The molecule has 0 bridgehead atoms. The van der Waals surface area contributed by atoms with E-state index in [1.165, 1.54) is 13.5 Å². The lowest BCUT2D eigenvalue weighted by molar-refractivity contribution is -0.119. The van der Waals surface area contributed by atoms with Crippen molar-refractivity contribution in [1.82, 2.24) is 9.80 Å². The Bertz CT molecular complexity index is 704. The van der Waals surface area contributed by atoms with Crippen LogP contribution in [0.15, 0.2) is 18.2 Å². The number of carbonyl (C=O) groups is 2. The maximum Gasteiger partial charge on any atom is 0.321 e. The molecule has 7 heteroatoms. The molecule has 2 aliphatic heterocycles. The third kappa shape index (κ3) is 4.59. The number of urea groups is 1. The molecule has 1 atom stereocenters. The summed E-state index contributed by atoms with van der Waals surface area (Å²) in [4.78, 5) is 29.0. The summed E-state index contributed by atoms with van der Waals surface area (Å²) in [6.45, 7) is 5.67. The smallest absolute Gasteiger partial charge is 0.321 e. The Balaban J connectivity index is 1.66. The summed E-state index contributed by atoms with van der Waals surface area (Å²) < 4.78 is 4.85. The van der Waals surface area contributed by atoms with Crippen molar-refractivity contribution in [2.75, 3.05) is 57.6 Å². The average Bonchev–Trinajstić information content (AvgIpc) is 2.98. The van der Waals surface area contributed by atoms with Gasteiger partial charge in [-0.3, -0.25) is 4.79 Å². The molecule has 2 aliphatic rings. The number of benzene rings is 1. The van der Waals surface area contributed by atoms with Crippen molar-refractivity contribution in [3.05, 3.63) is 23.8 Å². The quantitative estimate of drug-likeness (QED) is 0.849. The highest BCUT2D eigenvalue weighted by molar-refractivity contribution is 5.95. The van der Waals surface area contributed by atoms with Crippen molar-refractivity contribution in [3.8, 4) is 0 Å². The van der Waals surface area contributed by atoms with E-state index in [0.29, 0.717) is 5.69 Å². The van der Waals surface area contributed by atoms with Crippen LogP contribution in [0.25, 0.3) is 0 Å². The fraction of sp³-hybridized carbons (Fsp3) is 0.600. The SMILES string of the molecule is COCC(=O)Nc1cccc(NC(=O)N2CCC[C@]3(CCN(C)C3)C2)c1C. The molecule has 7 nitrogen and oxygen atoms in total. The van der Waals surface area contributed by atoms with Crippen molar-refractivity contribution >= 4 is 23.3 Å². The summed E-state index contributed by atoms with van der Waals surface area (Å²) >= 11 is 0. The number of amides is 3. The third-order valence-corrected chi connectivity index (χ3v) is 5.70. The van der Waals surface area contributed by atoms with E-state index in [4.69, 9.17) is 4.74 Å². The monoisotopic (exact) mass is 374 g/mol. The second kappa shape index (κ2) is 8.27. The molecule has 3 amide bonds. The number of likely N-dealkylation sites (tertiary alicyclic amines) is 2. The maximum atomic E-state index is 12.9. The van der Waals surface area contributed by atoms with Gasteiger partial charge < -0.3 is 25.2 Å². The molecule has 0 aliphatic carbocycles. The minimum absolute atomic E-state index is 0.000331. The number of ether oxygens (including phenoxy) is 1. The second-order valence-electron chi connectivity index (χ2n) is 7.90. The molecular weight excluding hydrogens is 344 g/mol. The Hall–Kier alpha value is -2.12. The summed E-state index contributed by atoms with van der Waals surface area (Å²) in [5.74, 6) is -0.215. The number of nitrogens with one attached hydrogen (secondary N) is 2. The van der Waals surface area contributed by atoms with Gasteiger partial charge in [-0.25, -0.2) is 4.79 Å². The lowest BCUT2D eigenvalue weighted by atomic mass is 9.79. The molecule has 0 radical (unpaired) electrons. The molecule has 1 aromatic carbocycles. The van der Waals surface area contributed by atoms with Crippen molar-refractivity contribution in [1.29, 1.82) is 0 Å². The summed E-state index contributed by atoms with van der Waals surface area (Å²) in [5.41, 5.74) is 2.48. The average molecular weight is 374 g/mol. The molecule has 27 heavy (non-hydrogen) atoms. The Labute approximate surface area is 161 Å². The van der Waals surface area contributed by atoms with E-state index in [2.05, 4.69) is 22.6 Å². The maximum absolute atomic E-state index is 12.9. The highest BCUT2D eigenvalue weighted by Gasteiger charge is 2.41. The Morgan fingerprint density at radius 1 is 1.15 bits per heavy atom. The van der Waals surface area contributed by atoms with Crippen LogP contribution in [-0.4, -0.2) is 68.7 Å². The fourth-order valence-corrected chi connectivity index (χ4v) is 4.29. The number of anilines is 2. The van der Waals surface area contributed by atoms with Crippen molar-refractivity contribution in [3.63, 3.8) is 0 Å². The molecule has 148 valence electrons. The Morgan fingerprint density at radius 3 is 2.56 bits per heavy atom. The molecule has 0 unspecified atom stereocenters. The summed E-state index contributed by atoms with van der Waals surface area (Å²) in [6, 6.07) is 5.45. The summed E-state index contributed by atoms with van der Waals surface area (Å²) in [7, 11) is 3.64. The lowest BCUT2D eigenvalue weighted by Gasteiger charge is -2.40. The van der Waals surface area contributed by atoms with E-state index >= 15 is 0 Å². The molecule has 2 saturated heterocycles. The normalized spacial score (nSPS) is 22.9. The van der Waals surface area contributed by atoms with E-state index in [-0.39, 0.29) is 24.0 Å².